The molecule has 36 heavy (non-hydrogen) atoms. The summed E-state index contributed by atoms with van der Waals surface area (Å²) in [6, 6.07) is 17.0. The van der Waals surface area contributed by atoms with Crippen LogP contribution in [0.5, 0.6) is 5.75 Å². The zero-order chi connectivity index (χ0) is 25.9. The average Bonchev–Trinajstić information content (AvgIpc) is 2.85. The predicted molar refractivity (Wildman–Crippen MR) is 141 cm³/mol. The summed E-state index contributed by atoms with van der Waals surface area (Å²) in [5.41, 5.74) is 0.386. The molecule has 7 nitrogen and oxygen atoms in total. The fourth-order valence-electron chi connectivity index (χ4n) is 3.95. The molecule has 9 heteroatoms. The second-order valence-corrected chi connectivity index (χ2v) is 9.55. The van der Waals surface area contributed by atoms with Crippen molar-refractivity contribution in [3.05, 3.63) is 103 Å². The maximum atomic E-state index is 14.6. The molecule has 0 saturated heterocycles. The second kappa shape index (κ2) is 10.8. The lowest BCUT2D eigenvalue weighted by molar-refractivity contribution is -0.143. The van der Waals surface area contributed by atoms with Crippen molar-refractivity contribution in [3.8, 4) is 5.75 Å². The first-order chi connectivity index (χ1) is 17.2. The zero-order valence-corrected chi connectivity index (χ0v) is 21.6. The lowest BCUT2D eigenvalue weighted by atomic mass is 9.88. The smallest absolute Gasteiger partial charge is 0.306 e. The van der Waals surface area contributed by atoms with Gasteiger partial charge >= 0.3 is 5.97 Å². The number of nitrogens with zero attached hydrogens (tertiary/aromatic N) is 2. The molecule has 0 aliphatic heterocycles. The molecule has 0 radical (unpaired) electrons. The Morgan fingerprint density at radius 1 is 1.17 bits per heavy atom. The minimum atomic E-state index is -1.62. The summed E-state index contributed by atoms with van der Waals surface area (Å²) < 4.78 is 22.4. The van der Waals surface area contributed by atoms with Crippen LogP contribution in [0.3, 0.4) is 0 Å². The number of fused-ring (bicyclic) bond motifs is 1. The standard InChI is InChI=1S/C27H24FIN2O5/c1-2-27(35,14-25(33)34)20-8-9-31(24(32)12-20)15-19-10-18-11-23(21(28)13-22(18)30-26(19)29)36-16-17-6-4-3-5-7-17/h3-13,35H,2,14-16H2,1H3,(H,33,34). The fraction of sp³-hybridized carbons (Fsp3) is 0.222. The number of carbonyl (C=O) groups is 1. The van der Waals surface area contributed by atoms with Gasteiger partial charge in [0.1, 0.15) is 15.9 Å². The maximum absolute atomic E-state index is 14.6. The molecule has 0 fully saturated rings. The van der Waals surface area contributed by atoms with E-state index in [9.17, 15) is 19.1 Å². The molecule has 186 valence electrons. The van der Waals surface area contributed by atoms with Crippen LogP contribution in [0.4, 0.5) is 4.39 Å². The molecule has 2 heterocycles. The number of ether oxygens (including phenoxy) is 1. The first-order valence-electron chi connectivity index (χ1n) is 11.3. The molecule has 1 atom stereocenters. The van der Waals surface area contributed by atoms with E-state index >= 15 is 0 Å². The van der Waals surface area contributed by atoms with E-state index in [2.05, 4.69) is 4.98 Å². The Morgan fingerprint density at radius 3 is 2.58 bits per heavy atom. The monoisotopic (exact) mass is 602 g/mol. The Labute approximate surface area is 220 Å². The lowest BCUT2D eigenvalue weighted by Gasteiger charge is -2.25. The van der Waals surface area contributed by atoms with Crippen molar-refractivity contribution >= 4 is 39.5 Å². The van der Waals surface area contributed by atoms with E-state index in [0.717, 1.165) is 11.1 Å². The molecule has 4 rings (SSSR count). The van der Waals surface area contributed by atoms with Gasteiger partial charge in [-0.2, -0.15) is 0 Å². The molecular weight excluding hydrogens is 578 g/mol. The highest BCUT2D eigenvalue weighted by Crippen LogP contribution is 2.29. The Morgan fingerprint density at radius 2 is 1.92 bits per heavy atom. The molecule has 2 aromatic heterocycles. The van der Waals surface area contributed by atoms with Crippen LogP contribution in [0.1, 0.15) is 36.5 Å². The van der Waals surface area contributed by atoms with Crippen molar-refractivity contribution in [2.75, 3.05) is 0 Å². The van der Waals surface area contributed by atoms with Gasteiger partial charge in [-0.05, 0) is 58.3 Å². The molecule has 0 saturated carbocycles. The van der Waals surface area contributed by atoms with E-state index in [1.807, 2.05) is 59.0 Å². The number of benzene rings is 2. The van der Waals surface area contributed by atoms with Gasteiger partial charge in [-0.1, -0.05) is 37.3 Å². The molecule has 0 bridgehead atoms. The van der Waals surface area contributed by atoms with Gasteiger partial charge in [0.2, 0.25) is 0 Å². The molecule has 2 aromatic carbocycles. The number of rotatable bonds is 9. The van der Waals surface area contributed by atoms with Gasteiger partial charge in [-0.3, -0.25) is 9.59 Å². The van der Waals surface area contributed by atoms with Crippen LogP contribution in [0.25, 0.3) is 10.9 Å². The maximum Gasteiger partial charge on any atom is 0.306 e. The first-order valence-corrected chi connectivity index (χ1v) is 12.4. The van der Waals surface area contributed by atoms with Gasteiger partial charge in [0.15, 0.2) is 11.6 Å². The summed E-state index contributed by atoms with van der Waals surface area (Å²) in [7, 11) is 0. The van der Waals surface area contributed by atoms with Gasteiger partial charge in [-0.25, -0.2) is 9.37 Å². The average molecular weight is 602 g/mol. The zero-order valence-electron chi connectivity index (χ0n) is 19.4. The highest BCUT2D eigenvalue weighted by atomic mass is 127. The van der Waals surface area contributed by atoms with Gasteiger partial charge < -0.3 is 19.5 Å². The molecule has 1 unspecified atom stereocenters. The number of hydrogen-bond donors (Lipinski definition) is 2. The van der Waals surface area contributed by atoms with Crippen LogP contribution in [-0.2, 0) is 23.5 Å². The number of pyridine rings is 2. The van der Waals surface area contributed by atoms with E-state index in [0.29, 0.717) is 14.6 Å². The number of carboxylic acids is 1. The van der Waals surface area contributed by atoms with Crippen LogP contribution >= 0.6 is 22.6 Å². The minimum absolute atomic E-state index is 0.110. The first kappa shape index (κ1) is 25.8. The third-order valence-electron chi connectivity index (χ3n) is 6.03. The predicted octanol–water partition coefficient (Wildman–Crippen LogP) is 4.84. The molecule has 0 amide bonds. The van der Waals surface area contributed by atoms with Gasteiger partial charge in [-0.15, -0.1) is 0 Å². The van der Waals surface area contributed by atoms with Crippen molar-refractivity contribution in [1.29, 1.82) is 0 Å². The van der Waals surface area contributed by atoms with Crippen molar-refractivity contribution in [3.63, 3.8) is 0 Å². The number of aromatic nitrogens is 2. The number of carboxylic acid groups (broad SMARTS) is 1. The normalized spacial score (nSPS) is 12.9. The van der Waals surface area contributed by atoms with Crippen molar-refractivity contribution in [2.45, 2.75) is 38.5 Å². The lowest BCUT2D eigenvalue weighted by Crippen LogP contribution is -2.31. The quantitative estimate of drug-likeness (QED) is 0.210. The van der Waals surface area contributed by atoms with Crippen LogP contribution in [-0.4, -0.2) is 25.7 Å². The topological polar surface area (TPSA) is 102 Å². The fourth-order valence-corrected chi connectivity index (χ4v) is 4.53. The number of halogens is 2. The van der Waals surface area contributed by atoms with E-state index in [4.69, 9.17) is 9.84 Å². The highest BCUT2D eigenvalue weighted by molar-refractivity contribution is 14.1. The summed E-state index contributed by atoms with van der Waals surface area (Å²) >= 11 is 2.04. The van der Waals surface area contributed by atoms with Crippen molar-refractivity contribution in [1.82, 2.24) is 9.55 Å². The number of aliphatic hydroxyl groups is 1. The van der Waals surface area contributed by atoms with Crippen LogP contribution in [0, 0.1) is 9.52 Å². The number of hydrogen-bond acceptors (Lipinski definition) is 5. The molecular formula is C27H24FIN2O5. The van der Waals surface area contributed by atoms with E-state index in [-0.39, 0.29) is 36.4 Å². The summed E-state index contributed by atoms with van der Waals surface area (Å²) in [6.07, 6.45) is 1.19. The number of aliphatic carboxylic acids is 1. The Bertz CT molecular complexity index is 1470. The van der Waals surface area contributed by atoms with Crippen LogP contribution < -0.4 is 10.3 Å². The third-order valence-corrected chi connectivity index (χ3v) is 6.97. The molecule has 4 aromatic rings. The molecule has 0 aliphatic rings. The second-order valence-electron chi connectivity index (χ2n) is 8.53. The van der Waals surface area contributed by atoms with E-state index in [1.165, 1.54) is 22.9 Å². The van der Waals surface area contributed by atoms with Gasteiger partial charge in [0, 0.05) is 29.3 Å². The summed E-state index contributed by atoms with van der Waals surface area (Å²) in [6.45, 7) is 2.08. The minimum Gasteiger partial charge on any atom is -0.486 e. The SMILES string of the molecule is CCC(O)(CC(=O)O)c1ccn(Cc2cc3cc(OCc4ccccc4)c(F)cc3nc2I)c(=O)c1. The molecule has 0 aliphatic carbocycles. The summed E-state index contributed by atoms with van der Waals surface area (Å²) in [5.74, 6) is -1.55. The van der Waals surface area contributed by atoms with Crippen molar-refractivity contribution < 1.29 is 24.1 Å². The molecule has 0 spiro atoms. The van der Waals surface area contributed by atoms with E-state index < -0.39 is 23.8 Å². The third kappa shape index (κ3) is 5.73. The largest absolute Gasteiger partial charge is 0.486 e. The molecule has 2 N–H and O–H groups in total. The van der Waals surface area contributed by atoms with E-state index in [1.54, 1.807) is 19.1 Å². The Balaban J connectivity index is 1.61. The summed E-state index contributed by atoms with van der Waals surface area (Å²) in [4.78, 5) is 28.5. The summed E-state index contributed by atoms with van der Waals surface area (Å²) in [5, 5.41) is 20.5. The van der Waals surface area contributed by atoms with Crippen LogP contribution in [0.15, 0.2) is 71.7 Å². The van der Waals surface area contributed by atoms with Crippen LogP contribution in [0.2, 0.25) is 0 Å². The Kier molecular flexibility index (Phi) is 7.70. The highest BCUT2D eigenvalue weighted by Gasteiger charge is 2.30. The van der Waals surface area contributed by atoms with Crippen molar-refractivity contribution in [2.24, 2.45) is 0 Å². The van der Waals surface area contributed by atoms with Gasteiger partial charge in [0.05, 0.1) is 18.5 Å². The Hall–Kier alpha value is -3.31. The van der Waals surface area contributed by atoms with Gasteiger partial charge in [0.25, 0.3) is 5.56 Å².